The number of halogens is 1. The fourth-order valence-electron chi connectivity index (χ4n) is 2.16. The number of hydrogen-bond donors (Lipinski definition) is 1. The van der Waals surface area contributed by atoms with Gasteiger partial charge in [0, 0.05) is 27.6 Å². The lowest BCUT2D eigenvalue weighted by molar-refractivity contribution is 0.182. The molecule has 1 aliphatic rings. The highest BCUT2D eigenvalue weighted by Crippen LogP contribution is 2.36. The number of aliphatic imine (C=N–C) groups is 2. The molecule has 0 saturated heterocycles. The van der Waals surface area contributed by atoms with Gasteiger partial charge < -0.3 is 14.9 Å². The Morgan fingerprint density at radius 3 is 2.68 bits per heavy atom. The van der Waals surface area contributed by atoms with Crippen LogP contribution < -0.4 is 4.90 Å². The van der Waals surface area contributed by atoms with E-state index < -0.39 is 11.9 Å². The Labute approximate surface area is 128 Å². The third-order valence-corrected chi connectivity index (χ3v) is 3.32. The van der Waals surface area contributed by atoms with Gasteiger partial charge in [-0.15, -0.1) is 0 Å². The van der Waals surface area contributed by atoms with Crippen LogP contribution in [0.3, 0.4) is 0 Å². The Balaban J connectivity index is 2.35. The number of nitrogens with zero attached hydrogens (tertiary/aromatic N) is 6. The number of likely N-dealkylation sites (N-methyl/N-ethyl adjacent to an activating group) is 1. The summed E-state index contributed by atoms with van der Waals surface area (Å²) >= 11 is 0. The van der Waals surface area contributed by atoms with Gasteiger partial charge in [-0.1, -0.05) is 0 Å². The van der Waals surface area contributed by atoms with Crippen molar-refractivity contribution in [2.45, 2.75) is 18.6 Å². The maximum Gasteiger partial charge on any atom is 0.184 e. The van der Waals surface area contributed by atoms with Crippen LogP contribution >= 0.6 is 0 Å². The molecule has 0 bridgehead atoms. The molecular weight excluding hydrogens is 287 g/mol. The normalized spacial score (nSPS) is 21.0. The van der Waals surface area contributed by atoms with E-state index in [2.05, 4.69) is 26.7 Å². The lowest BCUT2D eigenvalue weighted by Crippen LogP contribution is -2.30. The number of rotatable bonds is 5. The molecule has 2 atom stereocenters. The zero-order valence-electron chi connectivity index (χ0n) is 12.8. The van der Waals surface area contributed by atoms with Crippen LogP contribution in [-0.2, 0) is 0 Å². The average molecular weight is 306 g/mol. The first-order valence-electron chi connectivity index (χ1n) is 6.74. The summed E-state index contributed by atoms with van der Waals surface area (Å²) in [6.45, 7) is 3.54. The van der Waals surface area contributed by atoms with Crippen LogP contribution in [0.5, 0.6) is 0 Å². The molecule has 0 radical (unpaired) electrons. The van der Waals surface area contributed by atoms with Crippen LogP contribution in [0.25, 0.3) is 0 Å². The minimum atomic E-state index is -1.07. The smallest absolute Gasteiger partial charge is 0.184 e. The summed E-state index contributed by atoms with van der Waals surface area (Å²) in [4.78, 5) is 20.0. The van der Waals surface area contributed by atoms with Gasteiger partial charge in [0.15, 0.2) is 11.6 Å². The van der Waals surface area contributed by atoms with Gasteiger partial charge >= 0.3 is 0 Å². The zero-order valence-corrected chi connectivity index (χ0v) is 12.8. The first kappa shape index (κ1) is 16.0. The quantitative estimate of drug-likeness (QED) is 0.658. The van der Waals surface area contributed by atoms with Crippen molar-refractivity contribution in [1.29, 1.82) is 0 Å². The van der Waals surface area contributed by atoms with Crippen molar-refractivity contribution in [3.05, 3.63) is 18.2 Å². The Morgan fingerprint density at radius 2 is 2.14 bits per heavy atom. The van der Waals surface area contributed by atoms with Crippen LogP contribution in [0.1, 0.15) is 6.42 Å². The van der Waals surface area contributed by atoms with Crippen molar-refractivity contribution in [1.82, 2.24) is 14.9 Å². The van der Waals surface area contributed by atoms with Gasteiger partial charge in [0.2, 0.25) is 0 Å². The van der Waals surface area contributed by atoms with Gasteiger partial charge in [0.05, 0.1) is 12.4 Å². The van der Waals surface area contributed by atoms with Crippen molar-refractivity contribution in [3.8, 4) is 0 Å². The van der Waals surface area contributed by atoms with Gasteiger partial charge in [-0.05, 0) is 12.8 Å². The Morgan fingerprint density at radius 1 is 1.41 bits per heavy atom. The molecule has 1 aromatic heterocycles. The molecule has 0 amide bonds. The first-order valence-corrected chi connectivity index (χ1v) is 6.74. The minimum Gasteiger partial charge on any atom is -0.386 e. The molecule has 22 heavy (non-hydrogen) atoms. The van der Waals surface area contributed by atoms with Crippen molar-refractivity contribution in [2.24, 2.45) is 9.98 Å². The molecule has 0 saturated carbocycles. The van der Waals surface area contributed by atoms with Gasteiger partial charge in [0.1, 0.15) is 23.9 Å². The number of aromatic nitrogens is 2. The Bertz CT molecular complexity index is 615. The third-order valence-electron chi connectivity index (χ3n) is 3.32. The third kappa shape index (κ3) is 3.28. The summed E-state index contributed by atoms with van der Waals surface area (Å²) < 4.78 is 13.4. The lowest BCUT2D eigenvalue weighted by Gasteiger charge is -2.25. The molecule has 7 nitrogen and oxygen atoms in total. The second kappa shape index (κ2) is 6.61. The molecule has 2 rings (SSSR count). The molecule has 1 N–H and O–H groups in total. The van der Waals surface area contributed by atoms with Crippen LogP contribution in [0.4, 0.5) is 21.7 Å². The van der Waals surface area contributed by atoms with Crippen molar-refractivity contribution < 1.29 is 9.50 Å². The summed E-state index contributed by atoms with van der Waals surface area (Å²) in [5.41, 5.74) is 0.415. The highest BCUT2D eigenvalue weighted by molar-refractivity contribution is 5.77. The zero-order chi connectivity index (χ0) is 16.3. The summed E-state index contributed by atoms with van der Waals surface area (Å²) in [5, 5.41) is 9.52. The van der Waals surface area contributed by atoms with E-state index >= 15 is 0 Å². The first-order chi connectivity index (χ1) is 10.4. The van der Waals surface area contributed by atoms with E-state index in [-0.39, 0.29) is 12.5 Å². The Kier molecular flexibility index (Phi) is 4.81. The van der Waals surface area contributed by atoms with Crippen molar-refractivity contribution >= 4 is 30.4 Å². The highest BCUT2D eigenvalue weighted by Gasteiger charge is 2.29. The van der Waals surface area contributed by atoms with Crippen molar-refractivity contribution in [3.63, 3.8) is 0 Å². The highest BCUT2D eigenvalue weighted by atomic mass is 19.1. The van der Waals surface area contributed by atoms with E-state index in [4.69, 9.17) is 0 Å². The van der Waals surface area contributed by atoms with Crippen LogP contribution in [0, 0.1) is 0 Å². The van der Waals surface area contributed by atoms with Gasteiger partial charge in [0.25, 0.3) is 0 Å². The molecule has 0 spiro atoms. The molecule has 0 unspecified atom stereocenters. The number of aliphatic hydroxyl groups is 1. The standard InChI is InChI=1S/C14H19FN6O/c1-16-12-13(19-8-20(2)3)17-7-18-14(12)21(4)9-5-10(15)11(22)6-9/h5,7-9,11,22H,1,6H2,2-4H3/t9-,11-/m1/s1. The van der Waals surface area contributed by atoms with E-state index in [9.17, 15) is 9.50 Å². The van der Waals surface area contributed by atoms with E-state index in [1.165, 1.54) is 12.4 Å². The minimum absolute atomic E-state index is 0.263. The molecular formula is C14H19FN6O. The second-order valence-corrected chi connectivity index (χ2v) is 5.22. The largest absolute Gasteiger partial charge is 0.386 e. The molecule has 0 aromatic carbocycles. The van der Waals surface area contributed by atoms with Gasteiger partial charge in [-0.25, -0.2) is 19.4 Å². The molecule has 118 valence electrons. The number of hydrogen-bond acceptors (Lipinski definition) is 6. The molecule has 1 aromatic rings. The predicted molar refractivity (Wildman–Crippen MR) is 85.1 cm³/mol. The van der Waals surface area contributed by atoms with Gasteiger partial charge in [-0.3, -0.25) is 4.99 Å². The monoisotopic (exact) mass is 306 g/mol. The molecule has 8 heteroatoms. The Hall–Kier alpha value is -2.35. The number of aliphatic hydroxyl groups excluding tert-OH is 1. The fourth-order valence-corrected chi connectivity index (χ4v) is 2.16. The summed E-state index contributed by atoms with van der Waals surface area (Å²) in [7, 11) is 5.43. The van der Waals surface area contributed by atoms with E-state index in [0.29, 0.717) is 17.3 Å². The second-order valence-electron chi connectivity index (χ2n) is 5.22. The summed E-state index contributed by atoms with van der Waals surface area (Å²) in [6, 6.07) is -0.309. The van der Waals surface area contributed by atoms with E-state index in [1.807, 2.05) is 14.1 Å². The van der Waals surface area contributed by atoms with E-state index in [1.54, 1.807) is 23.2 Å². The average Bonchev–Trinajstić information content (AvgIpc) is 2.83. The van der Waals surface area contributed by atoms with Gasteiger partial charge in [-0.2, -0.15) is 0 Å². The molecule has 0 fully saturated rings. The van der Waals surface area contributed by atoms with Crippen LogP contribution in [0.2, 0.25) is 0 Å². The lowest BCUT2D eigenvalue weighted by atomic mass is 10.2. The topological polar surface area (TPSA) is 77.2 Å². The van der Waals surface area contributed by atoms with Crippen LogP contribution in [0.15, 0.2) is 28.2 Å². The van der Waals surface area contributed by atoms with E-state index in [0.717, 1.165) is 0 Å². The molecule has 0 aliphatic heterocycles. The summed E-state index contributed by atoms with van der Waals surface area (Å²) in [6.07, 6.45) is 3.54. The maximum absolute atomic E-state index is 13.4. The van der Waals surface area contributed by atoms with Crippen molar-refractivity contribution in [2.75, 3.05) is 26.0 Å². The number of anilines is 1. The SMILES string of the molecule is C=Nc1c(N=CN(C)C)ncnc1N(C)[C@@H]1C=C(F)[C@H](O)C1. The summed E-state index contributed by atoms with van der Waals surface area (Å²) in [5.74, 6) is 0.340. The molecule has 1 aliphatic carbocycles. The predicted octanol–water partition coefficient (Wildman–Crippen LogP) is 1.45. The van der Waals surface area contributed by atoms with Crippen LogP contribution in [-0.4, -0.2) is 66.3 Å². The fraction of sp³-hybridized carbons (Fsp3) is 0.429. The maximum atomic E-state index is 13.4. The molecule has 1 heterocycles.